The van der Waals surface area contributed by atoms with Gasteiger partial charge in [-0.2, -0.15) is 0 Å². The van der Waals surface area contributed by atoms with E-state index in [1.165, 1.54) is 4.90 Å². The molecule has 5 rings (SSSR count). The lowest BCUT2D eigenvalue weighted by atomic mass is 10.0. The predicted octanol–water partition coefficient (Wildman–Crippen LogP) is 5.94. The van der Waals surface area contributed by atoms with Gasteiger partial charge in [-0.3, -0.25) is 4.90 Å². The number of nitrogens with zero attached hydrogens (tertiary/aromatic N) is 1. The van der Waals surface area contributed by atoms with Gasteiger partial charge in [0.2, 0.25) is 10.6 Å². The number of alkyl halides is 3. The molecule has 2 atom stereocenters. The molecule has 0 aromatic heterocycles. The van der Waals surface area contributed by atoms with Crippen LogP contribution >= 0.6 is 34.8 Å². The van der Waals surface area contributed by atoms with Crippen molar-refractivity contribution in [2.75, 3.05) is 24.9 Å². The fourth-order valence-electron chi connectivity index (χ4n) is 4.44. The van der Waals surface area contributed by atoms with Crippen LogP contribution in [0.2, 0.25) is 0 Å². The standard InChI is InChI=1S/C28H23Cl3N2O8/c29-28(30,31)15-39-27(36)33-20-12-23-22(40-16-41-23)11-19(20)24(32-26(35)38-13-17-7-3-1-4-8-17)21(33)14-37-25(34)18-9-5-2-6-10-18/h1-12,21,24H,13-16H2,(H,32,35)/t21-,24+/m1/s1. The van der Waals surface area contributed by atoms with Crippen molar-refractivity contribution in [1.82, 2.24) is 5.32 Å². The zero-order valence-electron chi connectivity index (χ0n) is 21.3. The summed E-state index contributed by atoms with van der Waals surface area (Å²) in [5.74, 6) is 0.149. The predicted molar refractivity (Wildman–Crippen MR) is 150 cm³/mol. The van der Waals surface area contributed by atoms with Crippen LogP contribution in [-0.4, -0.2) is 48.0 Å². The molecule has 13 heteroatoms. The number of alkyl carbamates (subject to hydrolysis) is 1. The average molecular weight is 622 g/mol. The second-order valence-electron chi connectivity index (χ2n) is 9.02. The summed E-state index contributed by atoms with van der Waals surface area (Å²) in [5, 5.41) is 2.79. The molecule has 3 aromatic rings. The zero-order valence-corrected chi connectivity index (χ0v) is 23.5. The van der Waals surface area contributed by atoms with Gasteiger partial charge in [-0.15, -0.1) is 0 Å². The van der Waals surface area contributed by atoms with Gasteiger partial charge in [-0.05, 0) is 23.8 Å². The summed E-state index contributed by atoms with van der Waals surface area (Å²) in [4.78, 5) is 40.4. The van der Waals surface area contributed by atoms with E-state index in [0.717, 1.165) is 5.56 Å². The van der Waals surface area contributed by atoms with Crippen LogP contribution in [-0.2, 0) is 20.8 Å². The minimum Gasteiger partial charge on any atom is -0.460 e. The number of nitrogens with one attached hydrogen (secondary N) is 1. The maximum absolute atomic E-state index is 13.4. The third-order valence-corrected chi connectivity index (χ3v) is 6.60. The number of rotatable bonds is 7. The molecule has 0 aliphatic carbocycles. The van der Waals surface area contributed by atoms with Gasteiger partial charge in [0.1, 0.15) is 19.8 Å². The molecule has 214 valence electrons. The Morgan fingerprint density at radius 1 is 0.902 bits per heavy atom. The normalized spacial score (nSPS) is 17.0. The number of esters is 1. The Morgan fingerprint density at radius 3 is 2.24 bits per heavy atom. The second kappa shape index (κ2) is 12.3. The van der Waals surface area contributed by atoms with Gasteiger partial charge in [0.05, 0.1) is 23.3 Å². The number of carbonyl (C=O) groups is 3. The highest BCUT2D eigenvalue weighted by Gasteiger charge is 2.46. The Morgan fingerprint density at radius 2 is 1.56 bits per heavy atom. The molecule has 2 amide bonds. The molecule has 2 aliphatic rings. The lowest BCUT2D eigenvalue weighted by Crippen LogP contribution is -2.47. The highest BCUT2D eigenvalue weighted by atomic mass is 35.6. The van der Waals surface area contributed by atoms with Crippen LogP contribution in [0.1, 0.15) is 27.5 Å². The molecule has 0 fully saturated rings. The minimum atomic E-state index is -1.87. The van der Waals surface area contributed by atoms with E-state index in [0.29, 0.717) is 28.3 Å². The monoisotopic (exact) mass is 620 g/mol. The summed E-state index contributed by atoms with van der Waals surface area (Å²) in [7, 11) is 0. The van der Waals surface area contributed by atoms with E-state index in [1.54, 1.807) is 42.5 Å². The van der Waals surface area contributed by atoms with Crippen LogP contribution in [0.15, 0.2) is 72.8 Å². The molecule has 0 saturated carbocycles. The first kappa shape index (κ1) is 28.7. The van der Waals surface area contributed by atoms with E-state index in [-0.39, 0.29) is 20.0 Å². The Balaban J connectivity index is 1.44. The first-order valence-corrected chi connectivity index (χ1v) is 13.5. The summed E-state index contributed by atoms with van der Waals surface area (Å²) in [6.07, 6.45) is -1.67. The summed E-state index contributed by atoms with van der Waals surface area (Å²) in [6.45, 7) is -0.900. The number of benzene rings is 3. The molecular formula is C28H23Cl3N2O8. The Hall–Kier alpha value is -3.86. The number of fused-ring (bicyclic) bond motifs is 2. The van der Waals surface area contributed by atoms with Gasteiger partial charge in [-0.1, -0.05) is 83.3 Å². The molecule has 0 saturated heterocycles. The lowest BCUT2D eigenvalue weighted by Gasteiger charge is -2.28. The van der Waals surface area contributed by atoms with Gasteiger partial charge in [0, 0.05) is 11.6 Å². The molecule has 0 radical (unpaired) electrons. The van der Waals surface area contributed by atoms with Crippen molar-refractivity contribution in [3.8, 4) is 11.5 Å². The quantitative estimate of drug-likeness (QED) is 0.196. The average Bonchev–Trinajstić information content (AvgIpc) is 3.54. The lowest BCUT2D eigenvalue weighted by molar-refractivity contribution is 0.0460. The largest absolute Gasteiger partial charge is 0.460 e. The topological polar surface area (TPSA) is 113 Å². The van der Waals surface area contributed by atoms with Crippen molar-refractivity contribution in [3.05, 3.63) is 89.5 Å². The van der Waals surface area contributed by atoms with Gasteiger partial charge >= 0.3 is 18.2 Å². The maximum atomic E-state index is 13.4. The minimum absolute atomic E-state index is 0.00997. The number of anilines is 1. The van der Waals surface area contributed by atoms with E-state index in [4.69, 9.17) is 58.5 Å². The van der Waals surface area contributed by atoms with E-state index >= 15 is 0 Å². The molecule has 3 aromatic carbocycles. The van der Waals surface area contributed by atoms with Crippen molar-refractivity contribution in [1.29, 1.82) is 0 Å². The van der Waals surface area contributed by atoms with E-state index in [9.17, 15) is 14.4 Å². The number of ether oxygens (including phenoxy) is 5. The Kier molecular flexibility index (Phi) is 8.63. The van der Waals surface area contributed by atoms with Crippen LogP contribution in [0.4, 0.5) is 15.3 Å². The van der Waals surface area contributed by atoms with Crippen molar-refractivity contribution in [2.45, 2.75) is 22.5 Å². The molecule has 2 aliphatic heterocycles. The number of hydrogen-bond donors (Lipinski definition) is 1. The summed E-state index contributed by atoms with van der Waals surface area (Å²) in [5.41, 5.74) is 1.87. The van der Waals surface area contributed by atoms with Crippen molar-refractivity contribution >= 4 is 58.6 Å². The Bertz CT molecular complexity index is 1420. The summed E-state index contributed by atoms with van der Waals surface area (Å²) in [6, 6.07) is 18.8. The smallest absolute Gasteiger partial charge is 0.414 e. The third-order valence-electron chi connectivity index (χ3n) is 6.27. The molecular weight excluding hydrogens is 599 g/mol. The molecule has 0 bridgehead atoms. The molecule has 0 spiro atoms. The van der Waals surface area contributed by atoms with Crippen LogP contribution in [0.3, 0.4) is 0 Å². The van der Waals surface area contributed by atoms with E-state index in [2.05, 4.69) is 5.32 Å². The third kappa shape index (κ3) is 6.90. The van der Waals surface area contributed by atoms with E-state index < -0.39 is 40.6 Å². The molecule has 1 N–H and O–H groups in total. The number of hydrogen-bond acceptors (Lipinski definition) is 8. The van der Waals surface area contributed by atoms with Crippen molar-refractivity contribution < 1.29 is 38.1 Å². The van der Waals surface area contributed by atoms with Crippen LogP contribution in [0.25, 0.3) is 0 Å². The Labute approximate surface area is 249 Å². The van der Waals surface area contributed by atoms with Crippen LogP contribution in [0.5, 0.6) is 11.5 Å². The summed E-state index contributed by atoms with van der Waals surface area (Å²) >= 11 is 17.4. The molecule has 10 nitrogen and oxygen atoms in total. The molecule has 0 unspecified atom stereocenters. The van der Waals surface area contributed by atoms with Crippen LogP contribution in [0, 0.1) is 0 Å². The van der Waals surface area contributed by atoms with Crippen LogP contribution < -0.4 is 19.7 Å². The van der Waals surface area contributed by atoms with Crippen molar-refractivity contribution in [2.24, 2.45) is 0 Å². The highest BCUT2D eigenvalue weighted by molar-refractivity contribution is 6.67. The van der Waals surface area contributed by atoms with Gasteiger partial charge < -0.3 is 29.0 Å². The second-order valence-corrected chi connectivity index (χ2v) is 11.5. The summed E-state index contributed by atoms with van der Waals surface area (Å²) < 4.78 is 25.4. The van der Waals surface area contributed by atoms with Crippen molar-refractivity contribution in [3.63, 3.8) is 0 Å². The number of halogens is 3. The first-order chi connectivity index (χ1) is 19.7. The highest BCUT2D eigenvalue weighted by Crippen LogP contribution is 2.47. The van der Waals surface area contributed by atoms with Gasteiger partial charge in [0.25, 0.3) is 0 Å². The maximum Gasteiger partial charge on any atom is 0.414 e. The SMILES string of the molecule is O=C(N[C@H]1c2cc3c(cc2N(C(=O)OCC(Cl)(Cl)Cl)[C@@H]1COC(=O)c1ccccc1)OCO3)OCc1ccccc1. The molecule has 41 heavy (non-hydrogen) atoms. The van der Waals surface area contributed by atoms with Gasteiger partial charge in [-0.25, -0.2) is 14.4 Å². The van der Waals surface area contributed by atoms with E-state index in [1.807, 2.05) is 30.3 Å². The number of amides is 2. The fraction of sp³-hybridized carbons (Fsp3) is 0.250. The molecule has 2 heterocycles. The fourth-order valence-corrected chi connectivity index (χ4v) is 4.61. The van der Waals surface area contributed by atoms with Gasteiger partial charge in [0.15, 0.2) is 11.5 Å². The number of carbonyl (C=O) groups excluding carboxylic acids is 3. The zero-order chi connectivity index (χ0) is 29.0. The first-order valence-electron chi connectivity index (χ1n) is 12.4.